The van der Waals surface area contributed by atoms with Crippen LogP contribution < -0.4 is 0 Å². The minimum absolute atomic E-state index is 0.00670. The first-order valence-corrected chi connectivity index (χ1v) is 8.14. The van der Waals surface area contributed by atoms with Crippen molar-refractivity contribution in [3.05, 3.63) is 71.2 Å². The molecule has 0 bridgehead atoms. The molecule has 0 saturated heterocycles. The Hall–Kier alpha value is -1.51. The van der Waals surface area contributed by atoms with Crippen molar-refractivity contribution in [3.63, 3.8) is 0 Å². The molecule has 0 aromatic heterocycles. The first kappa shape index (κ1) is 11.1. The average molecular weight is 298 g/mol. The Labute approximate surface area is 135 Å². The van der Waals surface area contributed by atoms with Crippen LogP contribution in [-0.4, -0.2) is 25.5 Å². The Morgan fingerprint density at radius 3 is 2.90 bits per heavy atom. The summed E-state index contributed by atoms with van der Waals surface area (Å²) in [5, 5.41) is 0. The van der Waals surface area contributed by atoms with Crippen molar-refractivity contribution in [2.24, 2.45) is 0 Å². The number of hydrogen-bond acceptors (Lipinski definition) is 2. The average Bonchev–Trinajstić information content (AvgIpc) is 2.70. The Balaban J connectivity index is 2.20. The van der Waals surface area contributed by atoms with E-state index in [0.29, 0.717) is 0 Å². The van der Waals surface area contributed by atoms with Crippen molar-refractivity contribution in [3.8, 4) is 0 Å². The molecular weight excluding hydrogens is 274 g/mol. The standard InChI is InChI=1S/C19H21NS/c1-20(2)13-7-11-17-16-9-4-3-8-15(16)14-21-19-12-6-5-10-18(17)19/h3-6,8-12H,7,13-14H2,1-2H3/b17-11-/i5D,6D,10D. The first-order chi connectivity index (χ1) is 11.5. The van der Waals surface area contributed by atoms with E-state index in [1.54, 1.807) is 17.8 Å². The zero-order valence-electron chi connectivity index (χ0n) is 15.4. The van der Waals surface area contributed by atoms with E-state index in [1.165, 1.54) is 5.56 Å². The fourth-order valence-electron chi connectivity index (χ4n) is 2.53. The van der Waals surface area contributed by atoms with Crippen LogP contribution in [0.3, 0.4) is 0 Å². The van der Waals surface area contributed by atoms with Crippen LogP contribution in [0.5, 0.6) is 0 Å². The molecule has 2 heteroatoms. The third kappa shape index (κ3) is 3.22. The maximum Gasteiger partial charge on any atom is 0.0630 e. The second kappa shape index (κ2) is 6.50. The highest BCUT2D eigenvalue weighted by Crippen LogP contribution is 2.39. The van der Waals surface area contributed by atoms with E-state index in [2.05, 4.69) is 23.1 Å². The number of hydrogen-bond donors (Lipinski definition) is 0. The van der Waals surface area contributed by atoms with Gasteiger partial charge in [0.15, 0.2) is 0 Å². The summed E-state index contributed by atoms with van der Waals surface area (Å²) in [6.07, 6.45) is 3.07. The van der Waals surface area contributed by atoms with Gasteiger partial charge in [0, 0.05) is 17.2 Å². The summed E-state index contributed by atoms with van der Waals surface area (Å²) in [5.41, 5.74) is 4.23. The van der Waals surface area contributed by atoms with E-state index in [9.17, 15) is 0 Å². The quantitative estimate of drug-likeness (QED) is 0.809. The van der Waals surface area contributed by atoms with E-state index in [-0.39, 0.29) is 18.1 Å². The highest BCUT2D eigenvalue weighted by Gasteiger charge is 2.17. The lowest BCUT2D eigenvalue weighted by atomic mass is 9.93. The highest BCUT2D eigenvalue weighted by molar-refractivity contribution is 7.98. The molecule has 0 spiro atoms. The lowest BCUT2D eigenvalue weighted by molar-refractivity contribution is 0.417. The van der Waals surface area contributed by atoms with Gasteiger partial charge in [-0.05, 0) is 48.8 Å². The number of fused-ring (bicyclic) bond motifs is 2. The van der Waals surface area contributed by atoms with Gasteiger partial charge in [0.1, 0.15) is 0 Å². The Kier molecular flexibility index (Phi) is 3.44. The molecule has 0 fully saturated rings. The molecular formula is C19H21NS. The van der Waals surface area contributed by atoms with E-state index in [4.69, 9.17) is 4.11 Å². The van der Waals surface area contributed by atoms with Crippen molar-refractivity contribution in [2.45, 2.75) is 17.1 Å². The van der Waals surface area contributed by atoms with Crippen molar-refractivity contribution in [1.29, 1.82) is 0 Å². The van der Waals surface area contributed by atoms with Gasteiger partial charge in [0.2, 0.25) is 0 Å². The predicted molar refractivity (Wildman–Crippen MR) is 92.7 cm³/mol. The van der Waals surface area contributed by atoms with E-state index < -0.39 is 0 Å². The van der Waals surface area contributed by atoms with Gasteiger partial charge in [-0.15, -0.1) is 11.8 Å². The van der Waals surface area contributed by atoms with E-state index >= 15 is 0 Å². The smallest absolute Gasteiger partial charge is 0.0630 e. The molecule has 0 saturated carbocycles. The zero-order chi connectivity index (χ0) is 17.3. The molecule has 1 nitrogen and oxygen atoms in total. The summed E-state index contributed by atoms with van der Waals surface area (Å²) in [7, 11) is 4.10. The van der Waals surface area contributed by atoms with Gasteiger partial charge < -0.3 is 4.90 Å². The molecule has 1 aliphatic heterocycles. The maximum absolute atomic E-state index is 8.43. The normalized spacial score (nSPS) is 17.7. The predicted octanol–water partition coefficient (Wildman–Crippen LogP) is 4.68. The van der Waals surface area contributed by atoms with Gasteiger partial charge in [-0.1, -0.05) is 48.5 Å². The van der Waals surface area contributed by atoms with Gasteiger partial charge in [-0.2, -0.15) is 0 Å². The molecule has 108 valence electrons. The van der Waals surface area contributed by atoms with Crippen LogP contribution in [-0.2, 0) is 5.75 Å². The molecule has 0 amide bonds. The van der Waals surface area contributed by atoms with Gasteiger partial charge >= 0.3 is 0 Å². The molecule has 2 aromatic carbocycles. The molecule has 1 aliphatic rings. The van der Waals surface area contributed by atoms with E-state index in [1.807, 2.05) is 26.2 Å². The molecule has 0 unspecified atom stereocenters. The Morgan fingerprint density at radius 2 is 2.05 bits per heavy atom. The summed E-state index contributed by atoms with van der Waals surface area (Å²) in [6.45, 7) is 0.936. The fraction of sp³-hybridized carbons (Fsp3) is 0.263. The molecule has 0 N–H and O–H groups in total. The molecule has 1 heterocycles. The van der Waals surface area contributed by atoms with Gasteiger partial charge in [-0.3, -0.25) is 0 Å². The van der Waals surface area contributed by atoms with E-state index in [0.717, 1.165) is 40.3 Å². The summed E-state index contributed by atoms with van der Waals surface area (Å²) in [4.78, 5) is 3.08. The lowest BCUT2D eigenvalue weighted by Gasteiger charge is -2.12. The van der Waals surface area contributed by atoms with Crippen molar-refractivity contribution in [1.82, 2.24) is 4.90 Å². The van der Waals surface area contributed by atoms with Crippen LogP contribution in [0.2, 0.25) is 0 Å². The summed E-state index contributed by atoms with van der Waals surface area (Å²) < 4.78 is 24.4. The lowest BCUT2D eigenvalue weighted by Crippen LogP contribution is -2.12. The summed E-state index contributed by atoms with van der Waals surface area (Å²) in [6, 6.07) is 10.3. The first-order valence-electron chi connectivity index (χ1n) is 8.66. The molecule has 21 heavy (non-hydrogen) atoms. The van der Waals surface area contributed by atoms with Crippen LogP contribution in [0.1, 0.15) is 27.2 Å². The van der Waals surface area contributed by atoms with Crippen molar-refractivity contribution < 1.29 is 4.11 Å². The second-order valence-electron chi connectivity index (χ2n) is 5.43. The van der Waals surface area contributed by atoms with Crippen LogP contribution in [0.4, 0.5) is 0 Å². The van der Waals surface area contributed by atoms with Crippen LogP contribution in [0.15, 0.2) is 59.4 Å². The van der Waals surface area contributed by atoms with Crippen molar-refractivity contribution >= 4 is 17.3 Å². The number of benzene rings is 2. The molecule has 0 atom stereocenters. The third-order valence-electron chi connectivity index (χ3n) is 3.59. The van der Waals surface area contributed by atoms with Crippen LogP contribution >= 0.6 is 11.8 Å². The summed E-state index contributed by atoms with van der Waals surface area (Å²) in [5.74, 6) is 0.824. The highest BCUT2D eigenvalue weighted by atomic mass is 32.2. The Morgan fingerprint density at radius 1 is 1.19 bits per heavy atom. The molecule has 0 radical (unpaired) electrons. The molecule has 2 aromatic rings. The number of thioether (sulfide) groups is 1. The second-order valence-corrected chi connectivity index (χ2v) is 6.45. The largest absolute Gasteiger partial charge is 0.309 e. The molecule has 3 rings (SSSR count). The molecule has 0 aliphatic carbocycles. The fourth-order valence-corrected chi connectivity index (χ4v) is 3.54. The number of rotatable bonds is 3. The summed E-state index contributed by atoms with van der Waals surface area (Å²) >= 11 is 1.66. The maximum atomic E-state index is 8.43. The SMILES string of the molecule is [2H]c1cc2c(c([2H])c1[2H])/C(=C\CCN(C)C)c1ccccc1CS2. The topological polar surface area (TPSA) is 3.24 Å². The Bertz CT molecular complexity index is 799. The minimum atomic E-state index is 0.00670. The van der Waals surface area contributed by atoms with Gasteiger partial charge in [-0.25, -0.2) is 0 Å². The van der Waals surface area contributed by atoms with Gasteiger partial charge in [0.25, 0.3) is 0 Å². The van der Waals surface area contributed by atoms with Gasteiger partial charge in [0.05, 0.1) is 4.11 Å². The monoisotopic (exact) mass is 298 g/mol. The third-order valence-corrected chi connectivity index (χ3v) is 4.68. The van der Waals surface area contributed by atoms with Crippen molar-refractivity contribution in [2.75, 3.05) is 20.6 Å². The zero-order valence-corrected chi connectivity index (χ0v) is 13.3. The number of nitrogens with zero attached hydrogens (tertiary/aromatic N) is 1. The van der Waals surface area contributed by atoms with Crippen LogP contribution in [0.25, 0.3) is 5.57 Å². The van der Waals surface area contributed by atoms with Crippen LogP contribution in [0, 0.1) is 0 Å². The minimum Gasteiger partial charge on any atom is -0.309 e.